The van der Waals surface area contributed by atoms with Crippen LogP contribution in [0.3, 0.4) is 0 Å². The minimum Gasteiger partial charge on any atom is -0.481 e. The summed E-state index contributed by atoms with van der Waals surface area (Å²) in [7, 11) is 0. The summed E-state index contributed by atoms with van der Waals surface area (Å²) in [5.74, 6) is 0.823. The van der Waals surface area contributed by atoms with Gasteiger partial charge in [-0.2, -0.15) is 0 Å². The molecule has 2 heterocycles. The van der Waals surface area contributed by atoms with Crippen molar-refractivity contribution in [3.8, 4) is 5.75 Å². The normalized spacial score (nSPS) is 16.8. The average Bonchev–Trinajstić information content (AvgIpc) is 3.10. The van der Waals surface area contributed by atoms with Crippen LogP contribution >= 0.6 is 11.3 Å². The Hall–Kier alpha value is -1.85. The Morgan fingerprint density at radius 2 is 1.88 bits per heavy atom. The van der Waals surface area contributed by atoms with E-state index in [0.29, 0.717) is 0 Å². The molecule has 1 aromatic heterocycles. The first-order chi connectivity index (χ1) is 11.6. The molecule has 1 atom stereocenters. The highest BCUT2D eigenvalue weighted by atomic mass is 32.1. The fraction of sp³-hybridized carbons (Fsp3) is 0.421. The Labute approximate surface area is 147 Å². The number of nitrogens with zero attached hydrogens (tertiary/aromatic N) is 2. The zero-order chi connectivity index (χ0) is 16.9. The van der Waals surface area contributed by atoms with Gasteiger partial charge in [0.05, 0.1) is 0 Å². The van der Waals surface area contributed by atoms with Gasteiger partial charge in [0.15, 0.2) is 6.10 Å². The van der Waals surface area contributed by atoms with Gasteiger partial charge in [-0.15, -0.1) is 11.3 Å². The van der Waals surface area contributed by atoms with E-state index in [1.54, 1.807) is 11.3 Å². The van der Waals surface area contributed by atoms with Gasteiger partial charge < -0.3 is 9.64 Å². The quantitative estimate of drug-likeness (QED) is 0.835. The molecule has 3 rings (SSSR count). The van der Waals surface area contributed by atoms with Crippen molar-refractivity contribution in [1.29, 1.82) is 0 Å². The van der Waals surface area contributed by atoms with E-state index in [4.69, 9.17) is 4.74 Å². The maximum atomic E-state index is 12.6. The zero-order valence-corrected chi connectivity index (χ0v) is 15.1. The molecule has 0 saturated carbocycles. The number of benzene rings is 1. The van der Waals surface area contributed by atoms with E-state index in [1.165, 1.54) is 10.4 Å². The molecule has 0 aliphatic carbocycles. The second-order valence-electron chi connectivity index (χ2n) is 6.25. The van der Waals surface area contributed by atoms with Crippen LogP contribution in [0.4, 0.5) is 0 Å². The Morgan fingerprint density at radius 3 is 2.50 bits per heavy atom. The van der Waals surface area contributed by atoms with Gasteiger partial charge in [-0.1, -0.05) is 23.8 Å². The standard InChI is InChI=1S/C19H24N2O2S/c1-15-5-7-17(8-6-15)23-16(2)19(22)21-11-9-20(10-12-21)14-18-4-3-13-24-18/h3-8,13,16H,9-12,14H2,1-2H3. The number of piperazine rings is 1. The van der Waals surface area contributed by atoms with Crippen molar-refractivity contribution in [3.63, 3.8) is 0 Å². The molecule has 1 aromatic carbocycles. The number of hydrogen-bond acceptors (Lipinski definition) is 4. The molecule has 0 spiro atoms. The van der Waals surface area contributed by atoms with Gasteiger partial charge in [0.2, 0.25) is 0 Å². The maximum absolute atomic E-state index is 12.6. The van der Waals surface area contributed by atoms with Crippen LogP contribution in [0.15, 0.2) is 41.8 Å². The highest BCUT2D eigenvalue weighted by Crippen LogP contribution is 2.16. The number of carbonyl (C=O) groups is 1. The molecule has 0 radical (unpaired) electrons. The fourth-order valence-corrected chi connectivity index (χ4v) is 3.62. The van der Waals surface area contributed by atoms with Crippen LogP contribution < -0.4 is 4.74 Å². The zero-order valence-electron chi connectivity index (χ0n) is 14.3. The molecule has 1 aliphatic heterocycles. The van der Waals surface area contributed by atoms with Crippen molar-refractivity contribution in [3.05, 3.63) is 52.2 Å². The number of hydrogen-bond donors (Lipinski definition) is 0. The Morgan fingerprint density at radius 1 is 1.17 bits per heavy atom. The lowest BCUT2D eigenvalue weighted by molar-refractivity contribution is -0.139. The monoisotopic (exact) mass is 344 g/mol. The molecular weight excluding hydrogens is 320 g/mol. The molecule has 1 amide bonds. The molecule has 1 saturated heterocycles. The first kappa shape index (κ1) is 17.0. The van der Waals surface area contributed by atoms with Crippen LogP contribution in [-0.2, 0) is 11.3 Å². The first-order valence-electron chi connectivity index (χ1n) is 8.38. The summed E-state index contributed by atoms with van der Waals surface area (Å²) in [6.07, 6.45) is -0.448. The van der Waals surface area contributed by atoms with Gasteiger partial charge in [0.25, 0.3) is 5.91 Å². The molecule has 0 bridgehead atoms. The highest BCUT2D eigenvalue weighted by Gasteiger charge is 2.26. The molecule has 128 valence electrons. The van der Waals surface area contributed by atoms with Crippen molar-refractivity contribution in [1.82, 2.24) is 9.80 Å². The smallest absolute Gasteiger partial charge is 0.263 e. The van der Waals surface area contributed by atoms with Crippen molar-refractivity contribution in [2.45, 2.75) is 26.5 Å². The Balaban J connectivity index is 1.48. The molecule has 1 unspecified atom stereocenters. The molecule has 5 heteroatoms. The number of amides is 1. The molecule has 1 fully saturated rings. The predicted molar refractivity (Wildman–Crippen MR) is 97.4 cm³/mol. The largest absolute Gasteiger partial charge is 0.481 e. The summed E-state index contributed by atoms with van der Waals surface area (Å²) < 4.78 is 5.79. The van der Waals surface area contributed by atoms with Crippen LogP contribution in [-0.4, -0.2) is 48.0 Å². The molecule has 24 heavy (non-hydrogen) atoms. The van der Waals surface area contributed by atoms with E-state index in [2.05, 4.69) is 22.4 Å². The van der Waals surface area contributed by atoms with Crippen LogP contribution in [0, 0.1) is 6.92 Å². The lowest BCUT2D eigenvalue weighted by Gasteiger charge is -2.35. The molecule has 2 aromatic rings. The van der Waals surface area contributed by atoms with Crippen molar-refractivity contribution in [2.75, 3.05) is 26.2 Å². The van der Waals surface area contributed by atoms with Crippen LogP contribution in [0.25, 0.3) is 0 Å². The lowest BCUT2D eigenvalue weighted by atomic mass is 10.2. The van der Waals surface area contributed by atoms with E-state index in [0.717, 1.165) is 38.5 Å². The topological polar surface area (TPSA) is 32.8 Å². The SMILES string of the molecule is Cc1ccc(OC(C)C(=O)N2CCN(Cc3cccs3)CC2)cc1. The first-order valence-corrected chi connectivity index (χ1v) is 9.26. The lowest BCUT2D eigenvalue weighted by Crippen LogP contribution is -2.51. The van der Waals surface area contributed by atoms with E-state index in [-0.39, 0.29) is 5.91 Å². The summed E-state index contributed by atoms with van der Waals surface area (Å²) in [5.41, 5.74) is 1.18. The van der Waals surface area contributed by atoms with E-state index in [9.17, 15) is 4.79 Å². The second kappa shape index (κ2) is 7.81. The summed E-state index contributed by atoms with van der Waals surface area (Å²) in [5, 5.41) is 2.11. The summed E-state index contributed by atoms with van der Waals surface area (Å²) in [4.78, 5) is 18.3. The third kappa shape index (κ3) is 4.36. The maximum Gasteiger partial charge on any atom is 0.263 e. The van der Waals surface area contributed by atoms with Gasteiger partial charge in [0.1, 0.15) is 5.75 Å². The third-order valence-electron chi connectivity index (χ3n) is 4.33. The minimum absolute atomic E-state index is 0.0753. The van der Waals surface area contributed by atoms with Gasteiger partial charge >= 0.3 is 0 Å². The number of aryl methyl sites for hydroxylation is 1. The number of thiophene rings is 1. The van der Waals surface area contributed by atoms with E-state index < -0.39 is 6.10 Å². The van der Waals surface area contributed by atoms with E-state index in [1.807, 2.05) is 43.0 Å². The fourth-order valence-electron chi connectivity index (χ4n) is 2.88. The number of ether oxygens (including phenoxy) is 1. The van der Waals surface area contributed by atoms with Crippen LogP contribution in [0.1, 0.15) is 17.4 Å². The highest BCUT2D eigenvalue weighted by molar-refractivity contribution is 7.09. The number of carbonyl (C=O) groups excluding carboxylic acids is 1. The van der Waals surface area contributed by atoms with Gasteiger partial charge in [-0.25, -0.2) is 0 Å². The predicted octanol–water partition coefficient (Wildman–Crippen LogP) is 3.17. The van der Waals surface area contributed by atoms with Crippen molar-refractivity contribution in [2.24, 2.45) is 0 Å². The third-order valence-corrected chi connectivity index (χ3v) is 5.19. The van der Waals surface area contributed by atoms with Crippen LogP contribution in [0.5, 0.6) is 5.75 Å². The molecule has 4 nitrogen and oxygen atoms in total. The number of rotatable bonds is 5. The van der Waals surface area contributed by atoms with Gasteiger partial charge in [-0.05, 0) is 37.4 Å². The summed E-state index contributed by atoms with van der Waals surface area (Å²) in [6, 6.07) is 12.1. The summed E-state index contributed by atoms with van der Waals surface area (Å²) >= 11 is 1.79. The van der Waals surface area contributed by atoms with Crippen molar-refractivity contribution < 1.29 is 9.53 Å². The summed E-state index contributed by atoms with van der Waals surface area (Å²) in [6.45, 7) is 8.22. The molecule has 1 aliphatic rings. The van der Waals surface area contributed by atoms with E-state index >= 15 is 0 Å². The Kier molecular flexibility index (Phi) is 5.53. The minimum atomic E-state index is -0.448. The van der Waals surface area contributed by atoms with Crippen molar-refractivity contribution >= 4 is 17.2 Å². The second-order valence-corrected chi connectivity index (χ2v) is 7.29. The van der Waals surface area contributed by atoms with Crippen LogP contribution in [0.2, 0.25) is 0 Å². The molecular formula is C19H24N2O2S. The Bertz CT molecular complexity index is 647. The van der Waals surface area contributed by atoms with Gasteiger partial charge in [0, 0.05) is 37.6 Å². The molecule has 0 N–H and O–H groups in total. The average molecular weight is 344 g/mol. The van der Waals surface area contributed by atoms with Gasteiger partial charge in [-0.3, -0.25) is 9.69 Å².